The van der Waals surface area contributed by atoms with Crippen molar-refractivity contribution in [3.05, 3.63) is 35.6 Å². The lowest BCUT2D eigenvalue weighted by Crippen LogP contribution is -2.46. The second-order valence-electron chi connectivity index (χ2n) is 7.50. The molecule has 4 aliphatic carbocycles. The lowest BCUT2D eigenvalue weighted by molar-refractivity contribution is 0.0153. The van der Waals surface area contributed by atoms with Crippen LogP contribution >= 0.6 is 0 Å². The molecular formula is C18H24NO. The van der Waals surface area contributed by atoms with Gasteiger partial charge in [-0.15, -0.1) is 0 Å². The summed E-state index contributed by atoms with van der Waals surface area (Å²) >= 11 is 0. The molecule has 0 aliphatic heterocycles. The van der Waals surface area contributed by atoms with Gasteiger partial charge in [-0.05, 0) is 73.0 Å². The van der Waals surface area contributed by atoms with Crippen molar-refractivity contribution in [1.29, 1.82) is 0 Å². The molecule has 0 amide bonds. The van der Waals surface area contributed by atoms with Gasteiger partial charge in [0.15, 0.2) is 0 Å². The first-order valence-electron chi connectivity index (χ1n) is 8.09. The van der Waals surface area contributed by atoms with Crippen LogP contribution in [-0.2, 0) is 0 Å². The van der Waals surface area contributed by atoms with Crippen LogP contribution in [0.15, 0.2) is 35.6 Å². The Balaban J connectivity index is 1.68. The fourth-order valence-electron chi connectivity index (χ4n) is 5.59. The van der Waals surface area contributed by atoms with Crippen molar-refractivity contribution in [2.75, 3.05) is 0 Å². The predicted octanol–water partition coefficient (Wildman–Crippen LogP) is 4.04. The number of aliphatic hydroxyl groups excluding tert-OH is 1. The third kappa shape index (κ3) is 1.60. The zero-order valence-electron chi connectivity index (χ0n) is 12.2. The van der Waals surface area contributed by atoms with Crippen LogP contribution in [-0.4, -0.2) is 11.1 Å². The molecule has 0 saturated heterocycles. The van der Waals surface area contributed by atoms with Crippen molar-refractivity contribution in [1.82, 2.24) is 5.73 Å². The Kier molecular flexibility index (Phi) is 2.69. The molecule has 2 saturated carbocycles. The zero-order valence-corrected chi connectivity index (χ0v) is 12.2. The van der Waals surface area contributed by atoms with E-state index in [1.165, 1.54) is 24.8 Å². The van der Waals surface area contributed by atoms with Crippen molar-refractivity contribution in [3.8, 4) is 0 Å². The molecule has 5 unspecified atom stereocenters. The fraction of sp³-hybridized carbons (Fsp3) is 0.667. The highest BCUT2D eigenvalue weighted by Gasteiger charge is 2.54. The first kappa shape index (κ1) is 12.7. The van der Waals surface area contributed by atoms with Gasteiger partial charge in [-0.1, -0.05) is 19.1 Å². The Morgan fingerprint density at radius 3 is 2.95 bits per heavy atom. The molecule has 0 heterocycles. The molecule has 4 rings (SSSR count). The number of fused-ring (bicyclic) bond motifs is 5. The van der Waals surface area contributed by atoms with E-state index in [-0.39, 0.29) is 11.5 Å². The summed E-state index contributed by atoms with van der Waals surface area (Å²) in [6.07, 6.45) is 14.4. The molecule has 0 aromatic heterocycles. The summed E-state index contributed by atoms with van der Waals surface area (Å²) in [6, 6.07) is 0.157. The first-order chi connectivity index (χ1) is 9.59. The van der Waals surface area contributed by atoms with Crippen LogP contribution < -0.4 is 5.73 Å². The number of allylic oxidation sites excluding steroid dienone is 5. The lowest BCUT2D eigenvalue weighted by atomic mass is 9.53. The van der Waals surface area contributed by atoms with Crippen molar-refractivity contribution in [2.45, 2.75) is 45.1 Å². The topological polar surface area (TPSA) is 44.0 Å². The average Bonchev–Trinajstić information content (AvgIpc) is 2.74. The molecule has 4 aliphatic rings. The maximum atomic E-state index is 9.68. The number of hydrogen-bond acceptors (Lipinski definition) is 1. The van der Waals surface area contributed by atoms with Gasteiger partial charge in [0.25, 0.3) is 0 Å². The summed E-state index contributed by atoms with van der Waals surface area (Å²) in [5.41, 5.74) is 9.99. The second-order valence-corrected chi connectivity index (χ2v) is 7.50. The molecule has 2 nitrogen and oxygen atoms in total. The van der Waals surface area contributed by atoms with E-state index in [9.17, 15) is 5.11 Å². The second kappa shape index (κ2) is 4.24. The summed E-state index contributed by atoms with van der Waals surface area (Å²) in [5, 5.41) is 9.68. The van der Waals surface area contributed by atoms with Gasteiger partial charge in [0.2, 0.25) is 0 Å². The van der Waals surface area contributed by atoms with Crippen LogP contribution in [0.3, 0.4) is 0 Å². The van der Waals surface area contributed by atoms with Crippen LogP contribution in [0.25, 0.3) is 0 Å². The van der Waals surface area contributed by atoms with Crippen molar-refractivity contribution < 1.29 is 5.11 Å². The van der Waals surface area contributed by atoms with E-state index in [0.29, 0.717) is 11.7 Å². The molecule has 2 fully saturated rings. The lowest BCUT2D eigenvalue weighted by Gasteiger charge is -2.51. The Bertz CT molecular complexity index is 518. The van der Waals surface area contributed by atoms with Crippen LogP contribution in [0.2, 0.25) is 0 Å². The monoisotopic (exact) mass is 270 g/mol. The summed E-state index contributed by atoms with van der Waals surface area (Å²) in [6.45, 7) is 2.38. The van der Waals surface area contributed by atoms with Gasteiger partial charge in [-0.25, -0.2) is 0 Å². The molecule has 2 N–H and O–H groups in total. The van der Waals surface area contributed by atoms with Crippen LogP contribution in [0.5, 0.6) is 0 Å². The molecule has 20 heavy (non-hydrogen) atoms. The smallest absolute Gasteiger partial charge is 0.115 e. The van der Waals surface area contributed by atoms with E-state index in [2.05, 4.69) is 19.1 Å². The minimum atomic E-state index is 0.157. The van der Waals surface area contributed by atoms with E-state index in [1.807, 2.05) is 12.2 Å². The summed E-state index contributed by atoms with van der Waals surface area (Å²) in [5.74, 6) is 3.15. The molecule has 0 aromatic rings. The Labute approximate surface area is 121 Å². The van der Waals surface area contributed by atoms with E-state index >= 15 is 0 Å². The number of rotatable bonds is 0. The van der Waals surface area contributed by atoms with E-state index in [1.54, 1.807) is 0 Å². The van der Waals surface area contributed by atoms with Crippen LogP contribution in [0.4, 0.5) is 0 Å². The van der Waals surface area contributed by atoms with Gasteiger partial charge < -0.3 is 5.11 Å². The number of nitrogens with one attached hydrogen (secondary N) is 1. The molecule has 107 valence electrons. The van der Waals surface area contributed by atoms with Crippen molar-refractivity contribution >= 4 is 0 Å². The normalized spacial score (nSPS) is 49.8. The summed E-state index contributed by atoms with van der Waals surface area (Å²) < 4.78 is 0. The molecule has 2 heteroatoms. The molecular weight excluding hydrogens is 246 g/mol. The van der Waals surface area contributed by atoms with Crippen molar-refractivity contribution in [3.63, 3.8) is 0 Å². The van der Waals surface area contributed by atoms with Crippen LogP contribution in [0, 0.1) is 29.1 Å². The van der Waals surface area contributed by atoms with E-state index in [4.69, 9.17) is 5.73 Å². The third-order valence-electron chi connectivity index (χ3n) is 6.75. The highest BCUT2D eigenvalue weighted by molar-refractivity contribution is 5.38. The third-order valence-corrected chi connectivity index (χ3v) is 6.75. The quantitative estimate of drug-likeness (QED) is 0.709. The van der Waals surface area contributed by atoms with Gasteiger partial charge >= 0.3 is 0 Å². The zero-order chi connectivity index (χ0) is 13.9. The molecule has 0 spiro atoms. The predicted molar refractivity (Wildman–Crippen MR) is 80.0 cm³/mol. The highest BCUT2D eigenvalue weighted by Crippen LogP contribution is 2.60. The van der Waals surface area contributed by atoms with Crippen molar-refractivity contribution in [2.24, 2.45) is 29.1 Å². The minimum Gasteiger partial charge on any atom is -0.508 e. The molecule has 1 radical (unpaired) electrons. The Morgan fingerprint density at radius 1 is 1.25 bits per heavy atom. The van der Waals surface area contributed by atoms with E-state index in [0.717, 1.165) is 30.6 Å². The Hall–Kier alpha value is -1.02. The molecule has 0 bridgehead atoms. The summed E-state index contributed by atoms with van der Waals surface area (Å²) in [4.78, 5) is 0. The van der Waals surface area contributed by atoms with Gasteiger partial charge in [0.05, 0.1) is 0 Å². The van der Waals surface area contributed by atoms with Gasteiger partial charge in [-0.3, -0.25) is 5.73 Å². The Morgan fingerprint density at radius 2 is 2.10 bits per heavy atom. The van der Waals surface area contributed by atoms with E-state index < -0.39 is 0 Å². The fourth-order valence-corrected chi connectivity index (χ4v) is 5.59. The maximum Gasteiger partial charge on any atom is 0.115 e. The SMILES string of the molecule is C[C@]12CCC3C4C=CC(O)=CC4=CCC3C1CCC2[NH]. The maximum absolute atomic E-state index is 9.68. The van der Waals surface area contributed by atoms with Gasteiger partial charge in [0.1, 0.15) is 5.76 Å². The first-order valence-corrected chi connectivity index (χ1v) is 8.09. The number of aliphatic hydroxyl groups is 1. The largest absolute Gasteiger partial charge is 0.508 e. The standard InChI is InChI=1S/C18H24NO/c1-18-9-8-14-13-5-3-12(20)10-11(13)2-4-15(14)16(18)6-7-17(18)19/h2-3,5,10,13-17,19-20H,4,6-9H2,1H3/t13?,14?,15?,16?,17?,18-/m0/s1. The average molecular weight is 270 g/mol. The number of hydrogen-bond donors (Lipinski definition) is 1. The highest BCUT2D eigenvalue weighted by atomic mass is 16.3. The molecule has 0 aromatic carbocycles. The molecule has 6 atom stereocenters. The van der Waals surface area contributed by atoms with Gasteiger partial charge in [-0.2, -0.15) is 0 Å². The minimum absolute atomic E-state index is 0.157. The van der Waals surface area contributed by atoms with Gasteiger partial charge in [0, 0.05) is 12.0 Å². The summed E-state index contributed by atoms with van der Waals surface area (Å²) in [7, 11) is 0. The van der Waals surface area contributed by atoms with Crippen LogP contribution in [0.1, 0.15) is 39.0 Å².